The Hall–Kier alpha value is -3.33. The Kier molecular flexibility index (Phi) is 6.18. The molecule has 0 saturated carbocycles. The number of benzene rings is 1. The van der Waals surface area contributed by atoms with Crippen LogP contribution in [-0.2, 0) is 16.1 Å². The third-order valence-corrected chi connectivity index (χ3v) is 4.58. The lowest BCUT2D eigenvalue weighted by Gasteiger charge is -2.25. The fraction of sp³-hybridized carbons (Fsp3) is 0.150. The maximum atomic E-state index is 12.8. The molecule has 8 nitrogen and oxygen atoms in total. The molecule has 2 aromatic rings. The number of carbonyl (C=O) groups is 3. The summed E-state index contributed by atoms with van der Waals surface area (Å²) in [7, 11) is 1.47. The van der Waals surface area contributed by atoms with E-state index in [0.717, 1.165) is 4.90 Å². The largest absolute Gasteiger partial charge is 0.493 e. The van der Waals surface area contributed by atoms with Gasteiger partial charge in [0.25, 0.3) is 11.8 Å². The quantitative estimate of drug-likeness (QED) is 0.386. The monoisotopic (exact) mass is 460 g/mol. The van der Waals surface area contributed by atoms with Gasteiger partial charge in [-0.2, -0.15) is 0 Å². The number of ether oxygens (including phenoxy) is 2. The lowest BCUT2D eigenvalue weighted by molar-refractivity contribution is -0.130. The topological polar surface area (TPSA) is 98.1 Å². The summed E-state index contributed by atoms with van der Waals surface area (Å²) < 4.78 is 16.6. The summed E-state index contributed by atoms with van der Waals surface area (Å²) in [4.78, 5) is 38.0. The normalized spacial score (nSPS) is 15.4. The highest BCUT2D eigenvalue weighted by atomic mass is 79.9. The second-order valence-electron chi connectivity index (χ2n) is 5.92. The van der Waals surface area contributed by atoms with Gasteiger partial charge >= 0.3 is 6.03 Å². The van der Waals surface area contributed by atoms with E-state index in [2.05, 4.69) is 27.8 Å². The number of hydrogen-bond acceptors (Lipinski definition) is 6. The highest BCUT2D eigenvalue weighted by Crippen LogP contribution is 2.37. The van der Waals surface area contributed by atoms with Gasteiger partial charge in [-0.25, -0.2) is 4.79 Å². The molecule has 2 heterocycles. The van der Waals surface area contributed by atoms with Crippen molar-refractivity contribution in [2.45, 2.75) is 6.54 Å². The highest BCUT2D eigenvalue weighted by Gasteiger charge is 2.36. The molecule has 4 amide bonds. The molecule has 9 heteroatoms. The molecule has 0 spiro atoms. The predicted octanol–water partition coefficient (Wildman–Crippen LogP) is 3.28. The first kappa shape index (κ1) is 20.4. The van der Waals surface area contributed by atoms with Crippen LogP contribution in [0, 0.1) is 0 Å². The molecule has 1 saturated heterocycles. The summed E-state index contributed by atoms with van der Waals surface area (Å²) in [5.74, 6) is -0.228. The van der Waals surface area contributed by atoms with Crippen molar-refractivity contribution in [3.05, 3.63) is 64.6 Å². The lowest BCUT2D eigenvalue weighted by atomic mass is 10.1. The Morgan fingerprint density at radius 3 is 2.76 bits per heavy atom. The number of urea groups is 1. The Balaban J connectivity index is 1.94. The average molecular weight is 461 g/mol. The maximum absolute atomic E-state index is 12.8. The van der Waals surface area contributed by atoms with E-state index >= 15 is 0 Å². The van der Waals surface area contributed by atoms with Gasteiger partial charge in [-0.15, -0.1) is 0 Å². The third kappa shape index (κ3) is 4.40. The lowest BCUT2D eigenvalue weighted by Crippen LogP contribution is -2.53. The van der Waals surface area contributed by atoms with Crippen molar-refractivity contribution in [2.24, 2.45) is 0 Å². The number of rotatable bonds is 7. The summed E-state index contributed by atoms with van der Waals surface area (Å²) in [6.07, 6.45) is 4.41. The van der Waals surface area contributed by atoms with Crippen molar-refractivity contribution in [3.63, 3.8) is 0 Å². The molecule has 0 atom stereocenters. The molecule has 0 bridgehead atoms. The first-order valence-corrected chi connectivity index (χ1v) is 9.26. The summed E-state index contributed by atoms with van der Waals surface area (Å²) >= 11 is 3.39. The van der Waals surface area contributed by atoms with Crippen LogP contribution in [0.4, 0.5) is 4.79 Å². The zero-order chi connectivity index (χ0) is 21.0. The fourth-order valence-corrected chi connectivity index (χ4v) is 3.24. The van der Waals surface area contributed by atoms with Crippen molar-refractivity contribution < 1.29 is 28.3 Å². The third-order valence-electron chi connectivity index (χ3n) is 3.99. The van der Waals surface area contributed by atoms with Crippen LogP contribution in [0.3, 0.4) is 0 Å². The Morgan fingerprint density at radius 2 is 2.10 bits per heavy atom. The minimum Gasteiger partial charge on any atom is -0.493 e. The van der Waals surface area contributed by atoms with E-state index in [4.69, 9.17) is 13.9 Å². The van der Waals surface area contributed by atoms with Crippen LogP contribution in [0.5, 0.6) is 11.5 Å². The predicted molar refractivity (Wildman–Crippen MR) is 107 cm³/mol. The first-order chi connectivity index (χ1) is 13.9. The SMILES string of the molecule is C=CCOc1c(Br)cc(C=C2C(=O)NC(=O)N(Cc3ccco3)C2=O)cc1OC. The summed E-state index contributed by atoms with van der Waals surface area (Å²) in [5, 5.41) is 2.16. The van der Waals surface area contributed by atoms with Crippen molar-refractivity contribution in [3.8, 4) is 11.5 Å². The van der Waals surface area contributed by atoms with Crippen molar-refractivity contribution in [1.29, 1.82) is 0 Å². The summed E-state index contributed by atoms with van der Waals surface area (Å²) in [6, 6.07) is 5.75. The zero-order valence-electron chi connectivity index (χ0n) is 15.4. The maximum Gasteiger partial charge on any atom is 0.331 e. The number of nitrogens with one attached hydrogen (secondary N) is 1. The van der Waals surface area contributed by atoms with Gasteiger partial charge in [0, 0.05) is 0 Å². The minimum atomic E-state index is -0.805. The first-order valence-electron chi connectivity index (χ1n) is 8.47. The van der Waals surface area contributed by atoms with E-state index in [1.54, 1.807) is 30.3 Å². The molecular formula is C20H17BrN2O6. The molecule has 1 aromatic carbocycles. The standard InChI is InChI=1S/C20H17BrN2O6/c1-3-6-29-17-15(21)9-12(10-16(17)27-2)8-14-18(24)22-20(26)23(19(14)25)11-13-5-4-7-28-13/h3-5,7-10H,1,6,11H2,2H3,(H,22,24,26). The number of methoxy groups -OCH3 is 1. The number of hydrogen-bond donors (Lipinski definition) is 1. The van der Waals surface area contributed by atoms with Gasteiger partial charge in [-0.05, 0) is 51.8 Å². The molecule has 0 aliphatic carbocycles. The van der Waals surface area contributed by atoms with E-state index in [-0.39, 0.29) is 18.7 Å². The van der Waals surface area contributed by atoms with Crippen LogP contribution in [0.2, 0.25) is 0 Å². The van der Waals surface area contributed by atoms with Crippen molar-refractivity contribution in [1.82, 2.24) is 10.2 Å². The van der Waals surface area contributed by atoms with Gasteiger partial charge in [-0.3, -0.25) is 19.8 Å². The Morgan fingerprint density at radius 1 is 1.31 bits per heavy atom. The summed E-state index contributed by atoms with van der Waals surface area (Å²) in [6.45, 7) is 3.79. The van der Waals surface area contributed by atoms with Crippen LogP contribution < -0.4 is 14.8 Å². The van der Waals surface area contributed by atoms with Gasteiger partial charge < -0.3 is 13.9 Å². The molecule has 1 N–H and O–H groups in total. The molecule has 1 aliphatic heterocycles. The van der Waals surface area contributed by atoms with Crippen LogP contribution >= 0.6 is 15.9 Å². The fourth-order valence-electron chi connectivity index (χ4n) is 2.67. The molecule has 0 radical (unpaired) electrons. The number of barbiturate groups is 1. The number of halogens is 1. The summed E-state index contributed by atoms with van der Waals surface area (Å²) in [5.41, 5.74) is 0.315. The molecule has 150 valence electrons. The van der Waals surface area contributed by atoms with E-state index in [0.29, 0.717) is 27.3 Å². The number of carbonyl (C=O) groups excluding carboxylic acids is 3. The molecule has 1 aliphatic rings. The Bertz CT molecular complexity index is 997. The van der Waals surface area contributed by atoms with Crippen LogP contribution in [-0.4, -0.2) is 36.5 Å². The second kappa shape index (κ2) is 8.78. The molecule has 1 aromatic heterocycles. The van der Waals surface area contributed by atoms with Crippen LogP contribution in [0.15, 0.2) is 57.6 Å². The van der Waals surface area contributed by atoms with E-state index < -0.39 is 17.8 Å². The molecular weight excluding hydrogens is 444 g/mol. The average Bonchev–Trinajstić information content (AvgIpc) is 3.20. The van der Waals surface area contributed by atoms with E-state index in [1.807, 2.05) is 0 Å². The van der Waals surface area contributed by atoms with Gasteiger partial charge in [0.2, 0.25) is 0 Å². The number of nitrogens with zero attached hydrogens (tertiary/aromatic N) is 1. The highest BCUT2D eigenvalue weighted by molar-refractivity contribution is 9.10. The van der Waals surface area contributed by atoms with Crippen molar-refractivity contribution >= 4 is 39.9 Å². The van der Waals surface area contributed by atoms with Gasteiger partial charge in [-0.1, -0.05) is 12.7 Å². The molecule has 1 fully saturated rings. The number of imide groups is 2. The molecule has 3 rings (SSSR count). The van der Waals surface area contributed by atoms with E-state index in [9.17, 15) is 14.4 Å². The molecule has 0 unspecified atom stereocenters. The second-order valence-corrected chi connectivity index (χ2v) is 6.78. The van der Waals surface area contributed by atoms with Crippen molar-refractivity contribution in [2.75, 3.05) is 13.7 Å². The van der Waals surface area contributed by atoms with Crippen LogP contribution in [0.1, 0.15) is 11.3 Å². The smallest absolute Gasteiger partial charge is 0.331 e. The number of furan rings is 1. The van der Waals surface area contributed by atoms with Gasteiger partial charge in [0.05, 0.1) is 24.4 Å². The van der Waals surface area contributed by atoms with E-state index in [1.165, 1.54) is 19.4 Å². The zero-order valence-corrected chi connectivity index (χ0v) is 17.0. The van der Waals surface area contributed by atoms with Gasteiger partial charge in [0.1, 0.15) is 17.9 Å². The van der Waals surface area contributed by atoms with Gasteiger partial charge in [0.15, 0.2) is 11.5 Å². The number of amides is 4. The minimum absolute atomic E-state index is 0.0936. The van der Waals surface area contributed by atoms with Crippen LogP contribution in [0.25, 0.3) is 6.08 Å². The molecule has 29 heavy (non-hydrogen) atoms. The Labute approximate surface area is 174 Å².